The number of hydrogen-bond acceptors (Lipinski definition) is 3. The Morgan fingerprint density at radius 3 is 2.89 bits per heavy atom. The largest absolute Gasteiger partial charge is 0.392 e. The molecule has 3 nitrogen and oxygen atoms in total. The molecule has 1 N–H and O–H groups in total. The summed E-state index contributed by atoms with van der Waals surface area (Å²) >= 11 is 0. The molecule has 0 radical (unpaired) electrons. The van der Waals surface area contributed by atoms with E-state index in [-0.39, 0.29) is 6.61 Å². The molecule has 1 saturated heterocycles. The molecule has 18 heavy (non-hydrogen) atoms. The molecule has 1 aromatic rings. The van der Waals surface area contributed by atoms with Gasteiger partial charge in [0.05, 0.1) is 6.61 Å². The van der Waals surface area contributed by atoms with Gasteiger partial charge in [-0.1, -0.05) is 19.3 Å². The summed E-state index contributed by atoms with van der Waals surface area (Å²) in [6.45, 7) is 2.40. The van der Waals surface area contributed by atoms with Crippen LogP contribution in [0.4, 0.5) is 5.69 Å². The van der Waals surface area contributed by atoms with Crippen molar-refractivity contribution >= 4 is 5.69 Å². The minimum atomic E-state index is 0.0910. The molecule has 3 rings (SSSR count). The highest BCUT2D eigenvalue weighted by Gasteiger charge is 2.31. The zero-order valence-corrected chi connectivity index (χ0v) is 10.9. The molecule has 0 aromatic carbocycles. The predicted molar refractivity (Wildman–Crippen MR) is 72.4 cm³/mol. The second kappa shape index (κ2) is 5.27. The maximum Gasteiger partial charge on any atom is 0.0717 e. The monoisotopic (exact) mass is 246 g/mol. The molecule has 0 amide bonds. The molecule has 3 heteroatoms. The molecule has 2 unspecified atom stereocenters. The first-order chi connectivity index (χ1) is 8.88. The van der Waals surface area contributed by atoms with Crippen LogP contribution in [0.2, 0.25) is 0 Å². The van der Waals surface area contributed by atoms with E-state index in [0.29, 0.717) is 0 Å². The van der Waals surface area contributed by atoms with Crippen LogP contribution in [0.15, 0.2) is 18.5 Å². The van der Waals surface area contributed by atoms with E-state index in [1.165, 1.54) is 44.3 Å². The third kappa shape index (κ3) is 2.24. The van der Waals surface area contributed by atoms with Crippen molar-refractivity contribution in [2.75, 3.05) is 18.0 Å². The van der Waals surface area contributed by atoms with Crippen LogP contribution in [0.25, 0.3) is 0 Å². The molecule has 0 spiro atoms. The van der Waals surface area contributed by atoms with Crippen LogP contribution < -0.4 is 4.90 Å². The van der Waals surface area contributed by atoms with Gasteiger partial charge in [0, 0.05) is 36.7 Å². The van der Waals surface area contributed by atoms with Gasteiger partial charge in [-0.2, -0.15) is 0 Å². The van der Waals surface area contributed by atoms with Crippen LogP contribution in [0.5, 0.6) is 0 Å². The molecule has 2 atom stereocenters. The Balaban J connectivity index is 1.77. The average Bonchev–Trinajstić information content (AvgIpc) is 2.46. The third-order valence-corrected chi connectivity index (χ3v) is 4.68. The number of fused-ring (bicyclic) bond motifs is 1. The second-order valence-corrected chi connectivity index (χ2v) is 5.70. The van der Waals surface area contributed by atoms with Crippen molar-refractivity contribution in [3.8, 4) is 0 Å². The fraction of sp³-hybridized carbons (Fsp3) is 0.667. The molecular formula is C15H22N2O. The molecule has 0 bridgehead atoms. The zero-order chi connectivity index (χ0) is 12.4. The van der Waals surface area contributed by atoms with Crippen LogP contribution in [-0.2, 0) is 6.61 Å². The van der Waals surface area contributed by atoms with Gasteiger partial charge in [-0.15, -0.1) is 0 Å². The number of anilines is 1. The number of piperidine rings is 1. The van der Waals surface area contributed by atoms with Crippen molar-refractivity contribution < 1.29 is 5.11 Å². The number of hydrogen-bond donors (Lipinski definition) is 1. The standard InChI is InChI=1S/C15H22N2O/c18-11-14-9-16-7-5-15(14)17-8-6-12-3-1-2-4-13(12)10-17/h5,7,9,12-13,18H,1-4,6,8,10-11H2. The fourth-order valence-electron chi connectivity index (χ4n) is 3.67. The maximum absolute atomic E-state index is 9.41. The Morgan fingerprint density at radius 1 is 1.22 bits per heavy atom. The van der Waals surface area contributed by atoms with Gasteiger partial charge in [0.25, 0.3) is 0 Å². The van der Waals surface area contributed by atoms with Crippen LogP contribution >= 0.6 is 0 Å². The third-order valence-electron chi connectivity index (χ3n) is 4.68. The van der Waals surface area contributed by atoms with E-state index in [9.17, 15) is 5.11 Å². The van der Waals surface area contributed by atoms with Gasteiger partial charge in [-0.3, -0.25) is 4.98 Å². The Kier molecular flexibility index (Phi) is 3.50. The van der Waals surface area contributed by atoms with E-state index in [4.69, 9.17) is 0 Å². The summed E-state index contributed by atoms with van der Waals surface area (Å²) in [5.74, 6) is 1.82. The summed E-state index contributed by atoms with van der Waals surface area (Å²) in [5, 5.41) is 9.41. The van der Waals surface area contributed by atoms with Gasteiger partial charge in [0.15, 0.2) is 0 Å². The van der Waals surface area contributed by atoms with Gasteiger partial charge in [0.2, 0.25) is 0 Å². The van der Waals surface area contributed by atoms with E-state index in [2.05, 4.69) is 16.0 Å². The molecule has 1 saturated carbocycles. The Hall–Kier alpha value is -1.09. The van der Waals surface area contributed by atoms with Gasteiger partial charge >= 0.3 is 0 Å². The maximum atomic E-state index is 9.41. The zero-order valence-electron chi connectivity index (χ0n) is 10.9. The lowest BCUT2D eigenvalue weighted by Crippen LogP contribution is -2.42. The lowest BCUT2D eigenvalue weighted by Gasteiger charge is -2.42. The number of aromatic nitrogens is 1. The first kappa shape index (κ1) is 12.0. The molecule has 98 valence electrons. The summed E-state index contributed by atoms with van der Waals surface area (Å²) in [6.07, 6.45) is 10.6. The Labute approximate surface area is 109 Å². The number of aliphatic hydroxyl groups is 1. The highest BCUT2D eigenvalue weighted by molar-refractivity contribution is 5.52. The quantitative estimate of drug-likeness (QED) is 0.871. The highest BCUT2D eigenvalue weighted by Crippen LogP contribution is 2.37. The van der Waals surface area contributed by atoms with Crippen molar-refractivity contribution in [2.45, 2.75) is 38.7 Å². The first-order valence-corrected chi connectivity index (χ1v) is 7.17. The first-order valence-electron chi connectivity index (χ1n) is 7.17. The highest BCUT2D eigenvalue weighted by atomic mass is 16.3. The van der Waals surface area contributed by atoms with Crippen molar-refractivity contribution in [1.82, 2.24) is 4.98 Å². The van der Waals surface area contributed by atoms with Gasteiger partial charge in [-0.25, -0.2) is 0 Å². The van der Waals surface area contributed by atoms with Crippen molar-refractivity contribution in [3.63, 3.8) is 0 Å². The lowest BCUT2D eigenvalue weighted by molar-refractivity contribution is 0.202. The number of aliphatic hydroxyl groups excluding tert-OH is 1. The minimum Gasteiger partial charge on any atom is -0.392 e. The number of rotatable bonds is 2. The molecule has 2 aliphatic rings. The number of pyridine rings is 1. The topological polar surface area (TPSA) is 36.4 Å². The molecule has 2 heterocycles. The molecule has 1 aliphatic carbocycles. The van der Waals surface area contributed by atoms with Crippen molar-refractivity contribution in [3.05, 3.63) is 24.0 Å². The van der Waals surface area contributed by atoms with Crippen LogP contribution in [-0.4, -0.2) is 23.2 Å². The average molecular weight is 246 g/mol. The van der Waals surface area contributed by atoms with Crippen molar-refractivity contribution in [2.24, 2.45) is 11.8 Å². The summed E-state index contributed by atoms with van der Waals surface area (Å²) in [7, 11) is 0. The van der Waals surface area contributed by atoms with Crippen LogP contribution in [0.1, 0.15) is 37.7 Å². The summed E-state index contributed by atoms with van der Waals surface area (Å²) in [5.41, 5.74) is 2.16. The molecule has 2 fully saturated rings. The van der Waals surface area contributed by atoms with Crippen LogP contribution in [0.3, 0.4) is 0 Å². The lowest BCUT2D eigenvalue weighted by atomic mass is 9.75. The van der Waals surface area contributed by atoms with Crippen LogP contribution in [0, 0.1) is 11.8 Å². The van der Waals surface area contributed by atoms with Gasteiger partial charge < -0.3 is 10.0 Å². The molecule has 1 aliphatic heterocycles. The normalized spacial score (nSPS) is 27.9. The summed E-state index contributed by atoms with van der Waals surface area (Å²) < 4.78 is 0. The fourth-order valence-corrected chi connectivity index (χ4v) is 3.67. The predicted octanol–water partition coefficient (Wildman–Crippen LogP) is 2.59. The smallest absolute Gasteiger partial charge is 0.0717 e. The Bertz CT molecular complexity index is 407. The van der Waals surface area contributed by atoms with E-state index in [1.54, 1.807) is 6.20 Å². The van der Waals surface area contributed by atoms with E-state index >= 15 is 0 Å². The van der Waals surface area contributed by atoms with E-state index in [0.717, 1.165) is 23.9 Å². The Morgan fingerprint density at radius 2 is 2.06 bits per heavy atom. The summed E-state index contributed by atoms with van der Waals surface area (Å²) in [6, 6.07) is 2.05. The second-order valence-electron chi connectivity index (χ2n) is 5.70. The minimum absolute atomic E-state index is 0.0910. The van der Waals surface area contributed by atoms with Crippen molar-refractivity contribution in [1.29, 1.82) is 0 Å². The van der Waals surface area contributed by atoms with E-state index in [1.807, 2.05) is 6.20 Å². The molecule has 1 aromatic heterocycles. The number of nitrogens with zero attached hydrogens (tertiary/aromatic N) is 2. The van der Waals surface area contributed by atoms with Gasteiger partial charge in [0.1, 0.15) is 0 Å². The van der Waals surface area contributed by atoms with Gasteiger partial charge in [-0.05, 0) is 30.7 Å². The molecular weight excluding hydrogens is 224 g/mol. The SMILES string of the molecule is OCc1cnccc1N1CCC2CCCCC2C1. The van der Waals surface area contributed by atoms with E-state index < -0.39 is 0 Å². The summed E-state index contributed by atoms with van der Waals surface area (Å²) in [4.78, 5) is 6.56.